The number of fused-ring (bicyclic) bond motifs is 6. The largest absolute Gasteiger partial charge is 0.508 e. The van der Waals surface area contributed by atoms with Gasteiger partial charge in [-0.05, 0) is 96.7 Å². The van der Waals surface area contributed by atoms with Crippen LogP contribution in [0.1, 0.15) is 84.0 Å². The molecule has 16 nitrogen and oxygen atoms in total. The Morgan fingerprint density at radius 3 is 2.49 bits per heavy atom. The molecule has 0 spiro atoms. The molecule has 2 aromatic heterocycles. The van der Waals surface area contributed by atoms with Crippen LogP contribution in [0, 0.1) is 17.3 Å². The fourth-order valence-electron chi connectivity index (χ4n) is 10.3. The lowest BCUT2D eigenvalue weighted by molar-refractivity contribution is -0.155. The van der Waals surface area contributed by atoms with Gasteiger partial charge in [0, 0.05) is 73.6 Å². The van der Waals surface area contributed by atoms with Crippen molar-refractivity contribution in [2.75, 3.05) is 47.0 Å². The Kier molecular flexibility index (Phi) is 14.0. The van der Waals surface area contributed by atoms with E-state index < -0.39 is 47.2 Å². The lowest BCUT2D eigenvalue weighted by atomic mass is 9.83. The lowest BCUT2D eigenvalue weighted by Gasteiger charge is -2.37. The first-order chi connectivity index (χ1) is 32.3. The third kappa shape index (κ3) is 9.99. The summed E-state index contributed by atoms with van der Waals surface area (Å²) in [7, 11) is 3.11. The van der Waals surface area contributed by atoms with E-state index in [1.165, 1.54) is 21.9 Å². The van der Waals surface area contributed by atoms with Crippen molar-refractivity contribution in [3.8, 4) is 28.1 Å². The summed E-state index contributed by atoms with van der Waals surface area (Å²) in [6, 6.07) is 12.3. The number of hydrazine groups is 1. The summed E-state index contributed by atoms with van der Waals surface area (Å²) in [5.41, 5.74) is 10.0. The molecule has 0 unspecified atom stereocenters. The van der Waals surface area contributed by atoms with Crippen molar-refractivity contribution in [3.05, 3.63) is 71.5 Å². The average molecular weight is 933 g/mol. The summed E-state index contributed by atoms with van der Waals surface area (Å²) in [6.45, 7) is 16.3. The number of likely N-dealkylation sites (N-methyl/N-ethyl adjacent to an activating group) is 2. The topological polar surface area (TPSA) is 198 Å². The SMILES string of the molecule is CCn1c(-c2cccnc2C(C)C)c2c3cc(ccc31)-c1cc(O)cc(c1)C[C@H](NC(=O)[C@H](C(C)C)N(C)C(=O)CN(C)C(=O)[C@@H]1N[C@@H]1C1COC1)C(=O)N1CCC[C@H](N1)C(=O)OCC(C)(C)C2. The molecule has 4 aromatic rings. The van der Waals surface area contributed by atoms with E-state index in [4.69, 9.17) is 14.5 Å². The van der Waals surface area contributed by atoms with Crippen molar-refractivity contribution >= 4 is 40.5 Å². The lowest BCUT2D eigenvalue weighted by Crippen LogP contribution is -2.62. The molecule has 5 atom stereocenters. The molecule has 3 saturated heterocycles. The molecule has 0 radical (unpaired) electrons. The Morgan fingerprint density at radius 2 is 1.79 bits per heavy atom. The van der Waals surface area contributed by atoms with E-state index in [0.717, 1.165) is 44.5 Å². The number of phenolic OH excluding ortho intramolecular Hbond substituents is 1. The molecule has 0 aliphatic carbocycles. The fourth-order valence-corrected chi connectivity index (χ4v) is 10.3. The minimum Gasteiger partial charge on any atom is -0.508 e. The highest BCUT2D eigenvalue weighted by Crippen LogP contribution is 2.42. The smallest absolute Gasteiger partial charge is 0.324 e. The van der Waals surface area contributed by atoms with E-state index in [2.05, 4.69) is 73.4 Å². The monoisotopic (exact) mass is 933 g/mol. The molecule has 4 N–H and O–H groups in total. The maximum atomic E-state index is 14.7. The second kappa shape index (κ2) is 19.6. The number of nitrogens with one attached hydrogen (secondary N) is 3. The molecule has 4 amide bonds. The van der Waals surface area contributed by atoms with Crippen LogP contribution in [0.5, 0.6) is 5.75 Å². The zero-order valence-corrected chi connectivity index (χ0v) is 40.9. The number of cyclic esters (lactones) is 1. The molecule has 6 heterocycles. The number of aromatic nitrogens is 2. The van der Waals surface area contributed by atoms with Gasteiger partial charge in [0.25, 0.3) is 5.91 Å². The van der Waals surface area contributed by atoms with Gasteiger partial charge in [0.1, 0.15) is 29.9 Å². The molecule has 0 saturated carbocycles. The van der Waals surface area contributed by atoms with Crippen LogP contribution < -0.4 is 16.1 Å². The Morgan fingerprint density at radius 1 is 1.03 bits per heavy atom. The number of rotatable bonds is 11. The van der Waals surface area contributed by atoms with Crippen LogP contribution in [0.25, 0.3) is 33.3 Å². The quantitative estimate of drug-likeness (QED) is 0.119. The minimum absolute atomic E-state index is 0.00802. The molecule has 6 bridgehead atoms. The van der Waals surface area contributed by atoms with Crippen molar-refractivity contribution in [2.45, 2.75) is 117 Å². The number of benzene rings is 2. The van der Waals surface area contributed by atoms with E-state index in [1.807, 2.05) is 38.2 Å². The Labute approximate surface area is 399 Å². The summed E-state index contributed by atoms with van der Waals surface area (Å²) < 4.78 is 13.7. The van der Waals surface area contributed by atoms with Gasteiger partial charge in [0.15, 0.2) is 0 Å². The number of carbonyl (C=O) groups excluding carboxylic acids is 5. The Hall–Kier alpha value is -5.84. The van der Waals surface area contributed by atoms with E-state index in [1.54, 1.807) is 19.2 Å². The number of phenols is 1. The van der Waals surface area contributed by atoms with Gasteiger partial charge in [-0.25, -0.2) is 5.43 Å². The first kappa shape index (κ1) is 48.6. The summed E-state index contributed by atoms with van der Waals surface area (Å²) in [5.74, 6) is -2.10. The first-order valence-electron chi connectivity index (χ1n) is 24.2. The van der Waals surface area contributed by atoms with Gasteiger partial charge in [0.05, 0.1) is 37.8 Å². The van der Waals surface area contributed by atoms with Crippen LogP contribution in [-0.4, -0.2) is 136 Å². The van der Waals surface area contributed by atoms with Gasteiger partial charge in [-0.2, -0.15) is 0 Å². The van der Waals surface area contributed by atoms with E-state index in [0.29, 0.717) is 44.6 Å². The van der Waals surface area contributed by atoms with Gasteiger partial charge in [-0.15, -0.1) is 0 Å². The van der Waals surface area contributed by atoms with E-state index >= 15 is 0 Å². The molecule has 4 aliphatic heterocycles. The van der Waals surface area contributed by atoms with Gasteiger partial charge < -0.3 is 34.3 Å². The number of hydrogen-bond donors (Lipinski definition) is 4. The number of amides is 4. The summed E-state index contributed by atoms with van der Waals surface area (Å²) in [6.07, 6.45) is 3.34. The van der Waals surface area contributed by atoms with Crippen molar-refractivity contribution < 1.29 is 38.6 Å². The predicted octanol–water partition coefficient (Wildman–Crippen LogP) is 4.80. The molecule has 364 valence electrons. The second-order valence-corrected chi connectivity index (χ2v) is 20.7. The van der Waals surface area contributed by atoms with Crippen LogP contribution in [0.15, 0.2) is 54.7 Å². The number of nitrogens with zero attached hydrogens (tertiary/aromatic N) is 5. The van der Waals surface area contributed by atoms with Gasteiger partial charge >= 0.3 is 5.97 Å². The maximum Gasteiger partial charge on any atom is 0.324 e. The molecule has 16 heteroatoms. The van der Waals surface area contributed by atoms with Gasteiger partial charge in [-0.3, -0.25) is 39.3 Å². The normalized spacial score (nSPS) is 22.3. The number of carbonyl (C=O) groups is 5. The Bertz CT molecular complexity index is 2580. The predicted molar refractivity (Wildman–Crippen MR) is 258 cm³/mol. The van der Waals surface area contributed by atoms with Crippen molar-refractivity contribution in [1.29, 1.82) is 0 Å². The van der Waals surface area contributed by atoms with Gasteiger partial charge in [-0.1, -0.05) is 53.7 Å². The molecule has 4 aliphatic rings. The standard InChI is InChI=1S/C52H68N8O8/c1-10-59-41-16-15-32-23-37(41)38(47(59)36-13-11-17-53-43(36)29(2)3)24-52(6,7)28-68-51(66)39-14-12-18-60(56-39)49(64)40(21-31-19-33(32)22-35(61)20-31)54-48(63)46(30(4)5)58(9)42(62)25-57(8)50(65)45-44(55-45)34-26-67-27-34/h11,13,15-17,19-20,22-23,29-30,34,39-40,44-46,55-56,61H,10,12,14,18,21,24-28H2,1-9H3,(H,54,63)/t39-,40-,44+,45+,46-/m0/s1. The maximum absolute atomic E-state index is 14.7. The molecule has 3 fully saturated rings. The number of pyridine rings is 1. The fraction of sp³-hybridized carbons (Fsp3) is 0.538. The number of hydrogen-bond acceptors (Lipinski definition) is 11. The van der Waals surface area contributed by atoms with Crippen LogP contribution in [0.3, 0.4) is 0 Å². The first-order valence-corrected chi connectivity index (χ1v) is 24.2. The summed E-state index contributed by atoms with van der Waals surface area (Å²) >= 11 is 0. The number of esters is 1. The van der Waals surface area contributed by atoms with Gasteiger partial charge in [0.2, 0.25) is 17.7 Å². The van der Waals surface area contributed by atoms with E-state index in [-0.39, 0.29) is 67.6 Å². The highest BCUT2D eigenvalue weighted by molar-refractivity contribution is 5.96. The second-order valence-electron chi connectivity index (χ2n) is 20.7. The van der Waals surface area contributed by atoms with Crippen LogP contribution in [0.2, 0.25) is 0 Å². The zero-order valence-electron chi connectivity index (χ0n) is 40.9. The highest BCUT2D eigenvalue weighted by atomic mass is 16.5. The molecular weight excluding hydrogens is 865 g/mol. The number of aromatic hydroxyl groups is 1. The third-order valence-corrected chi connectivity index (χ3v) is 14.0. The van der Waals surface area contributed by atoms with E-state index in [9.17, 15) is 29.1 Å². The Balaban J connectivity index is 1.14. The molecule has 8 rings (SSSR count). The van der Waals surface area contributed by atoms with Crippen LogP contribution in [0.4, 0.5) is 0 Å². The average Bonchev–Trinajstić information content (AvgIpc) is 4.00. The highest BCUT2D eigenvalue weighted by Gasteiger charge is 2.50. The third-order valence-electron chi connectivity index (χ3n) is 14.0. The summed E-state index contributed by atoms with van der Waals surface area (Å²) in [4.78, 5) is 77.8. The van der Waals surface area contributed by atoms with Crippen molar-refractivity contribution in [1.82, 2.24) is 40.4 Å². The van der Waals surface area contributed by atoms with Crippen molar-refractivity contribution in [2.24, 2.45) is 17.3 Å². The molecule has 68 heavy (non-hydrogen) atoms. The number of ether oxygens (including phenoxy) is 2. The molecular formula is C52H68N8O8. The van der Waals surface area contributed by atoms with Crippen LogP contribution in [-0.2, 0) is 52.8 Å². The zero-order chi connectivity index (χ0) is 48.8. The minimum atomic E-state index is -1.18. The summed E-state index contributed by atoms with van der Waals surface area (Å²) in [5, 5.41) is 19.9. The number of aryl methyl sites for hydroxylation is 1. The molecule has 2 aromatic carbocycles. The van der Waals surface area contributed by atoms with Crippen LogP contribution >= 0.6 is 0 Å². The van der Waals surface area contributed by atoms with Crippen molar-refractivity contribution in [3.63, 3.8) is 0 Å².